The fraction of sp³-hybridized carbons (Fsp3) is 0.481. The van der Waals surface area contributed by atoms with Gasteiger partial charge in [-0.1, -0.05) is 30.3 Å². The fourth-order valence-corrected chi connectivity index (χ4v) is 4.20. The minimum atomic E-state index is -1.10. The van der Waals surface area contributed by atoms with Gasteiger partial charge in [0.2, 0.25) is 5.91 Å². The van der Waals surface area contributed by atoms with Gasteiger partial charge in [0.1, 0.15) is 17.6 Å². The van der Waals surface area contributed by atoms with Crippen molar-refractivity contribution in [2.24, 2.45) is 0 Å². The standard InChI is InChI=1S/C27H36N6O7/c1-4-40-27(38)33-14-12-32(13-15-33)26(37)20(10-11-23(34)35)30-25(36)21-16-22(28-18(2)17-39-3)31-24(29-21)19-8-6-5-7-9-19/h5-9,16,18,20H,4,10-15,17H2,1-3H3,(H,30,36)(H,34,35)(H,28,29,31)/t18-,20+/m1/s1. The van der Waals surface area contributed by atoms with Gasteiger partial charge in [0, 0.05) is 57.4 Å². The molecule has 0 unspecified atom stereocenters. The molecule has 1 fully saturated rings. The Morgan fingerprint density at radius 3 is 2.35 bits per heavy atom. The molecule has 13 nitrogen and oxygen atoms in total. The van der Waals surface area contributed by atoms with Gasteiger partial charge in [-0.15, -0.1) is 0 Å². The average molecular weight is 557 g/mol. The number of rotatable bonds is 12. The monoisotopic (exact) mass is 556 g/mol. The summed E-state index contributed by atoms with van der Waals surface area (Å²) < 4.78 is 10.2. The van der Waals surface area contributed by atoms with Crippen LogP contribution in [0.5, 0.6) is 0 Å². The first-order valence-electron chi connectivity index (χ1n) is 13.1. The first kappa shape index (κ1) is 30.3. The summed E-state index contributed by atoms with van der Waals surface area (Å²) >= 11 is 0. The summed E-state index contributed by atoms with van der Waals surface area (Å²) in [4.78, 5) is 62.1. The van der Waals surface area contributed by atoms with E-state index < -0.39 is 29.9 Å². The normalized spacial score (nSPS) is 14.7. The van der Waals surface area contributed by atoms with Crippen LogP contribution in [0.3, 0.4) is 0 Å². The number of nitrogens with one attached hydrogen (secondary N) is 2. The summed E-state index contributed by atoms with van der Waals surface area (Å²) in [6, 6.07) is 9.40. The Hall–Kier alpha value is -4.26. The van der Waals surface area contributed by atoms with Gasteiger partial charge in [-0.2, -0.15) is 0 Å². The number of carbonyl (C=O) groups excluding carboxylic acids is 3. The Kier molecular flexibility index (Phi) is 11.2. The number of aromatic nitrogens is 2. The highest BCUT2D eigenvalue weighted by Crippen LogP contribution is 2.19. The quantitative estimate of drug-likeness (QED) is 0.352. The molecule has 3 N–H and O–H groups in total. The lowest BCUT2D eigenvalue weighted by Gasteiger charge is -2.35. The van der Waals surface area contributed by atoms with Gasteiger partial charge in [0.15, 0.2) is 5.82 Å². The number of anilines is 1. The van der Waals surface area contributed by atoms with Gasteiger partial charge < -0.3 is 35.0 Å². The first-order valence-corrected chi connectivity index (χ1v) is 13.1. The van der Waals surface area contributed by atoms with E-state index >= 15 is 0 Å². The summed E-state index contributed by atoms with van der Waals surface area (Å²) in [7, 11) is 1.58. The number of piperazine rings is 1. The van der Waals surface area contributed by atoms with Crippen molar-refractivity contribution in [1.29, 1.82) is 0 Å². The number of methoxy groups -OCH3 is 1. The molecule has 1 aromatic carbocycles. The topological polar surface area (TPSA) is 163 Å². The lowest BCUT2D eigenvalue weighted by molar-refractivity contribution is -0.138. The smallest absolute Gasteiger partial charge is 0.409 e. The lowest BCUT2D eigenvalue weighted by atomic mass is 10.1. The number of carbonyl (C=O) groups is 4. The molecule has 1 aliphatic rings. The van der Waals surface area contributed by atoms with E-state index in [0.717, 1.165) is 0 Å². The van der Waals surface area contributed by atoms with Crippen molar-refractivity contribution in [2.75, 3.05) is 51.8 Å². The second-order valence-electron chi connectivity index (χ2n) is 9.30. The summed E-state index contributed by atoms with van der Waals surface area (Å²) in [6.07, 6.45) is -0.877. The number of ether oxygens (including phenoxy) is 2. The molecule has 0 aliphatic carbocycles. The minimum Gasteiger partial charge on any atom is -0.481 e. The summed E-state index contributed by atoms with van der Waals surface area (Å²) in [5.41, 5.74) is 0.707. The van der Waals surface area contributed by atoms with Crippen molar-refractivity contribution in [2.45, 2.75) is 38.8 Å². The van der Waals surface area contributed by atoms with Crippen LogP contribution in [0.15, 0.2) is 36.4 Å². The third-order valence-electron chi connectivity index (χ3n) is 6.17. The molecule has 2 atom stereocenters. The third kappa shape index (κ3) is 8.63. The van der Waals surface area contributed by atoms with Gasteiger partial charge in [0.25, 0.3) is 5.91 Å². The molecule has 2 aromatic rings. The van der Waals surface area contributed by atoms with Crippen LogP contribution in [-0.2, 0) is 19.1 Å². The molecule has 1 aromatic heterocycles. The van der Waals surface area contributed by atoms with Crippen LogP contribution in [0.25, 0.3) is 11.4 Å². The molecule has 40 heavy (non-hydrogen) atoms. The molecular weight excluding hydrogens is 520 g/mol. The molecule has 1 aliphatic heterocycles. The number of amides is 3. The number of hydrogen-bond acceptors (Lipinski definition) is 9. The SMILES string of the molecule is CCOC(=O)N1CCN(C(=O)[C@H](CCC(=O)O)NC(=O)c2cc(N[C@H](C)COC)nc(-c3ccccc3)n2)CC1. The van der Waals surface area contributed by atoms with Gasteiger partial charge in [-0.25, -0.2) is 14.8 Å². The predicted molar refractivity (Wildman–Crippen MR) is 146 cm³/mol. The van der Waals surface area contributed by atoms with Crippen molar-refractivity contribution in [3.05, 3.63) is 42.1 Å². The molecule has 13 heteroatoms. The molecule has 1 saturated heterocycles. The van der Waals surface area contributed by atoms with Crippen molar-refractivity contribution in [3.8, 4) is 11.4 Å². The molecule has 0 bridgehead atoms. The summed E-state index contributed by atoms with van der Waals surface area (Å²) in [5, 5.41) is 15.1. The van der Waals surface area contributed by atoms with Crippen LogP contribution in [0.1, 0.15) is 37.2 Å². The Morgan fingerprint density at radius 2 is 1.73 bits per heavy atom. The fourth-order valence-electron chi connectivity index (χ4n) is 4.20. The lowest BCUT2D eigenvalue weighted by Crippen LogP contribution is -2.56. The Bertz CT molecular complexity index is 1170. The zero-order chi connectivity index (χ0) is 29.1. The molecule has 0 radical (unpaired) electrons. The van der Waals surface area contributed by atoms with E-state index in [4.69, 9.17) is 9.47 Å². The molecule has 3 rings (SSSR count). The van der Waals surface area contributed by atoms with Gasteiger partial charge >= 0.3 is 12.1 Å². The van der Waals surface area contributed by atoms with Gasteiger partial charge in [-0.05, 0) is 20.3 Å². The largest absolute Gasteiger partial charge is 0.481 e. The second-order valence-corrected chi connectivity index (χ2v) is 9.30. The zero-order valence-corrected chi connectivity index (χ0v) is 23.0. The molecule has 0 saturated carbocycles. The van der Waals surface area contributed by atoms with Crippen molar-refractivity contribution in [1.82, 2.24) is 25.1 Å². The second kappa shape index (κ2) is 14.8. The van der Waals surface area contributed by atoms with Crippen LogP contribution < -0.4 is 10.6 Å². The molecule has 216 valence electrons. The number of carboxylic acid groups (broad SMARTS) is 1. The minimum absolute atomic E-state index is 0.0150. The maximum Gasteiger partial charge on any atom is 0.409 e. The number of benzene rings is 1. The number of carboxylic acids is 1. The Balaban J connectivity index is 1.81. The molecule has 0 spiro atoms. The predicted octanol–water partition coefficient (Wildman–Crippen LogP) is 1.85. The number of hydrogen-bond donors (Lipinski definition) is 3. The van der Waals surface area contributed by atoms with E-state index in [-0.39, 0.29) is 57.4 Å². The van der Waals surface area contributed by atoms with E-state index in [1.54, 1.807) is 14.0 Å². The van der Waals surface area contributed by atoms with Crippen LogP contribution in [0, 0.1) is 0 Å². The highest BCUT2D eigenvalue weighted by Gasteiger charge is 2.31. The van der Waals surface area contributed by atoms with Crippen molar-refractivity contribution in [3.63, 3.8) is 0 Å². The van der Waals surface area contributed by atoms with E-state index in [2.05, 4.69) is 20.6 Å². The van der Waals surface area contributed by atoms with Crippen LogP contribution >= 0.6 is 0 Å². The van der Waals surface area contributed by atoms with Crippen molar-refractivity contribution < 1.29 is 33.8 Å². The Morgan fingerprint density at radius 1 is 1.05 bits per heavy atom. The van der Waals surface area contributed by atoms with E-state index in [1.807, 2.05) is 37.3 Å². The van der Waals surface area contributed by atoms with Crippen molar-refractivity contribution >= 4 is 29.7 Å². The average Bonchev–Trinajstić information content (AvgIpc) is 2.95. The number of aliphatic carboxylic acids is 1. The highest BCUT2D eigenvalue weighted by molar-refractivity contribution is 5.97. The van der Waals surface area contributed by atoms with Crippen LogP contribution in [0.4, 0.5) is 10.6 Å². The number of nitrogens with zero attached hydrogens (tertiary/aromatic N) is 4. The molecule has 3 amide bonds. The molecule has 2 heterocycles. The highest BCUT2D eigenvalue weighted by atomic mass is 16.6. The van der Waals surface area contributed by atoms with Crippen LogP contribution in [0.2, 0.25) is 0 Å². The van der Waals surface area contributed by atoms with Gasteiger partial charge in [-0.3, -0.25) is 14.4 Å². The van der Waals surface area contributed by atoms with Gasteiger partial charge in [0.05, 0.1) is 13.2 Å². The summed E-state index contributed by atoms with van der Waals surface area (Å²) in [5.74, 6) is -1.46. The van der Waals surface area contributed by atoms with E-state index in [0.29, 0.717) is 23.8 Å². The third-order valence-corrected chi connectivity index (χ3v) is 6.17. The van der Waals surface area contributed by atoms with E-state index in [1.165, 1.54) is 15.9 Å². The first-order chi connectivity index (χ1) is 19.2. The molecular formula is C27H36N6O7. The zero-order valence-electron chi connectivity index (χ0n) is 23.0. The maximum absolute atomic E-state index is 13.4. The maximum atomic E-state index is 13.4. The van der Waals surface area contributed by atoms with E-state index in [9.17, 15) is 24.3 Å². The van der Waals surface area contributed by atoms with Crippen LogP contribution in [-0.4, -0.2) is 107 Å². The Labute approximate surface area is 232 Å². The summed E-state index contributed by atoms with van der Waals surface area (Å²) in [6.45, 7) is 5.27.